The molecule has 1 fully saturated rings. The van der Waals surface area contributed by atoms with Gasteiger partial charge in [-0.2, -0.15) is 5.10 Å². The molecule has 5 N–H and O–H groups in total. The van der Waals surface area contributed by atoms with Crippen molar-refractivity contribution in [2.75, 3.05) is 45.1 Å². The van der Waals surface area contributed by atoms with E-state index in [1.165, 1.54) is 11.3 Å². The Balaban J connectivity index is 1.56. The van der Waals surface area contributed by atoms with Crippen molar-refractivity contribution in [1.29, 1.82) is 0 Å². The predicted octanol–water partition coefficient (Wildman–Crippen LogP) is 0.547. The zero-order valence-electron chi connectivity index (χ0n) is 15.9. The van der Waals surface area contributed by atoms with E-state index in [2.05, 4.69) is 22.2 Å². The number of anilines is 1. The molecule has 10 heteroatoms. The van der Waals surface area contributed by atoms with Crippen LogP contribution >= 0.6 is 11.3 Å². The Kier molecular flexibility index (Phi) is 5.09. The van der Waals surface area contributed by atoms with Crippen LogP contribution in [0.3, 0.4) is 0 Å². The molecule has 1 saturated heterocycles. The molecule has 0 unspecified atom stereocenters. The highest BCUT2D eigenvalue weighted by molar-refractivity contribution is 7.20. The molecule has 0 saturated carbocycles. The van der Waals surface area contributed by atoms with E-state index in [1.54, 1.807) is 0 Å². The molecule has 0 spiro atoms. The maximum absolute atomic E-state index is 12.0. The number of thiophene rings is 1. The number of fused-ring (bicyclic) bond motifs is 3. The van der Waals surface area contributed by atoms with Gasteiger partial charge in [-0.3, -0.25) is 19.7 Å². The summed E-state index contributed by atoms with van der Waals surface area (Å²) in [5.41, 5.74) is 14.1. The molecular weight excluding hydrogens is 378 g/mol. The van der Waals surface area contributed by atoms with Gasteiger partial charge in [-0.15, -0.1) is 11.3 Å². The Morgan fingerprint density at radius 3 is 2.61 bits per heavy atom. The van der Waals surface area contributed by atoms with Gasteiger partial charge in [-0.05, 0) is 25.5 Å². The average molecular weight is 404 g/mol. The number of rotatable bonds is 5. The lowest BCUT2D eigenvalue weighted by Gasteiger charge is -2.32. The van der Waals surface area contributed by atoms with Crippen LogP contribution in [0.25, 0.3) is 10.4 Å². The Bertz CT molecular complexity index is 911. The van der Waals surface area contributed by atoms with E-state index in [0.717, 1.165) is 67.4 Å². The van der Waals surface area contributed by atoms with E-state index < -0.39 is 11.9 Å². The number of nitrogens with one attached hydrogen (secondary N) is 1. The van der Waals surface area contributed by atoms with Gasteiger partial charge in [0.1, 0.15) is 5.00 Å². The van der Waals surface area contributed by atoms with Crippen LogP contribution in [-0.4, -0.2) is 71.3 Å². The minimum atomic E-state index is -0.704. The SMILES string of the molecule is CN1CCN(CCn2cc3c(n2)CCc2c-3sc(NC(N)=O)c2C(N)=O)CC1. The number of carbonyl (C=O) groups is 2. The Morgan fingerprint density at radius 2 is 1.93 bits per heavy atom. The maximum Gasteiger partial charge on any atom is 0.317 e. The standard InChI is InChI=1S/C18H25N7O2S/c1-23-4-6-24(7-5-23)8-9-25-10-12-13(22-25)3-2-11-14(16(19)26)17(21-18(20)27)28-15(11)12/h10H,2-9H2,1H3,(H2,19,26)(H3,20,21,27). The molecule has 0 bridgehead atoms. The lowest BCUT2D eigenvalue weighted by atomic mass is 9.94. The fraction of sp³-hybridized carbons (Fsp3) is 0.500. The van der Waals surface area contributed by atoms with Gasteiger partial charge in [0.15, 0.2) is 0 Å². The number of carbonyl (C=O) groups excluding carboxylic acids is 2. The summed E-state index contributed by atoms with van der Waals surface area (Å²) in [5, 5.41) is 7.71. The lowest BCUT2D eigenvalue weighted by Crippen LogP contribution is -2.45. The first-order valence-corrected chi connectivity index (χ1v) is 10.2. The third-order valence-corrected chi connectivity index (χ3v) is 6.61. The van der Waals surface area contributed by atoms with Crippen molar-refractivity contribution in [2.45, 2.75) is 19.4 Å². The van der Waals surface area contributed by atoms with Gasteiger partial charge < -0.3 is 16.4 Å². The van der Waals surface area contributed by atoms with Crippen molar-refractivity contribution in [3.8, 4) is 10.4 Å². The molecule has 2 aromatic rings. The lowest BCUT2D eigenvalue weighted by molar-refractivity contribution is 0.100. The van der Waals surface area contributed by atoms with Gasteiger partial charge in [0, 0.05) is 49.4 Å². The predicted molar refractivity (Wildman–Crippen MR) is 109 cm³/mol. The third-order valence-electron chi connectivity index (χ3n) is 5.43. The van der Waals surface area contributed by atoms with E-state index >= 15 is 0 Å². The van der Waals surface area contributed by atoms with Crippen LogP contribution in [0.5, 0.6) is 0 Å². The van der Waals surface area contributed by atoms with Crippen molar-refractivity contribution < 1.29 is 9.59 Å². The third kappa shape index (κ3) is 3.62. The van der Waals surface area contributed by atoms with Crippen LogP contribution in [0.2, 0.25) is 0 Å². The summed E-state index contributed by atoms with van der Waals surface area (Å²) in [5.74, 6) is -0.549. The van der Waals surface area contributed by atoms with Crippen LogP contribution in [0.15, 0.2) is 6.20 Å². The normalized spacial score (nSPS) is 17.2. The fourth-order valence-electron chi connectivity index (χ4n) is 3.89. The second kappa shape index (κ2) is 7.53. The number of piperazine rings is 1. The zero-order chi connectivity index (χ0) is 19.8. The number of hydrogen-bond donors (Lipinski definition) is 3. The molecule has 2 aromatic heterocycles. The van der Waals surface area contributed by atoms with Gasteiger partial charge in [0.25, 0.3) is 5.91 Å². The number of nitrogens with zero attached hydrogens (tertiary/aromatic N) is 4. The Hall–Kier alpha value is -2.43. The van der Waals surface area contributed by atoms with Gasteiger partial charge in [-0.25, -0.2) is 4.79 Å². The minimum absolute atomic E-state index is 0.370. The second-order valence-electron chi connectivity index (χ2n) is 7.36. The largest absolute Gasteiger partial charge is 0.365 e. The molecule has 3 amide bonds. The maximum atomic E-state index is 12.0. The summed E-state index contributed by atoms with van der Waals surface area (Å²) in [6, 6.07) is -0.704. The highest BCUT2D eigenvalue weighted by atomic mass is 32.1. The molecule has 2 aliphatic rings. The molecule has 1 aliphatic heterocycles. The monoisotopic (exact) mass is 403 g/mol. The van der Waals surface area contributed by atoms with Crippen molar-refractivity contribution in [1.82, 2.24) is 19.6 Å². The average Bonchev–Trinajstić information content (AvgIpc) is 3.21. The van der Waals surface area contributed by atoms with Gasteiger partial charge >= 0.3 is 6.03 Å². The molecule has 28 heavy (non-hydrogen) atoms. The fourth-order valence-corrected chi connectivity index (χ4v) is 5.18. The molecule has 4 rings (SSSR count). The number of likely N-dealkylation sites (N-methyl/N-ethyl adjacent to an activating group) is 1. The molecule has 0 radical (unpaired) electrons. The molecular formula is C18H25N7O2S. The van der Waals surface area contributed by atoms with E-state index in [9.17, 15) is 9.59 Å². The number of aryl methyl sites for hydroxylation is 1. The summed E-state index contributed by atoms with van der Waals surface area (Å²) >= 11 is 1.34. The Morgan fingerprint density at radius 1 is 1.18 bits per heavy atom. The molecule has 150 valence electrons. The highest BCUT2D eigenvalue weighted by Crippen LogP contribution is 2.44. The second-order valence-corrected chi connectivity index (χ2v) is 8.39. The topological polar surface area (TPSA) is 123 Å². The van der Waals surface area contributed by atoms with Crippen LogP contribution in [0.4, 0.5) is 9.80 Å². The molecule has 0 atom stereocenters. The van der Waals surface area contributed by atoms with E-state index in [4.69, 9.17) is 16.6 Å². The van der Waals surface area contributed by atoms with E-state index in [1.807, 2.05) is 10.9 Å². The number of primary amides is 2. The summed E-state index contributed by atoms with van der Waals surface area (Å²) < 4.78 is 1.99. The highest BCUT2D eigenvalue weighted by Gasteiger charge is 2.29. The summed E-state index contributed by atoms with van der Waals surface area (Å²) in [4.78, 5) is 29.0. The van der Waals surface area contributed by atoms with Crippen molar-refractivity contribution in [2.24, 2.45) is 11.5 Å². The molecule has 0 aromatic carbocycles. The van der Waals surface area contributed by atoms with Gasteiger partial charge in [-0.1, -0.05) is 0 Å². The molecule has 3 heterocycles. The van der Waals surface area contributed by atoms with Crippen molar-refractivity contribution in [3.63, 3.8) is 0 Å². The van der Waals surface area contributed by atoms with E-state index in [-0.39, 0.29) is 0 Å². The van der Waals surface area contributed by atoms with Gasteiger partial charge in [0.05, 0.1) is 17.8 Å². The quantitative estimate of drug-likeness (QED) is 0.673. The first-order chi connectivity index (χ1) is 13.4. The van der Waals surface area contributed by atoms with Crippen LogP contribution in [0.1, 0.15) is 21.6 Å². The summed E-state index contributed by atoms with van der Waals surface area (Å²) in [6.45, 7) is 6.14. The van der Waals surface area contributed by atoms with E-state index in [0.29, 0.717) is 17.0 Å². The first kappa shape index (κ1) is 18.9. The zero-order valence-corrected chi connectivity index (χ0v) is 16.7. The van der Waals surface area contributed by atoms with Gasteiger partial charge in [0.2, 0.25) is 0 Å². The molecule has 9 nitrogen and oxygen atoms in total. The number of nitrogens with two attached hydrogens (primary N) is 2. The number of urea groups is 1. The van der Waals surface area contributed by atoms with Crippen molar-refractivity contribution in [3.05, 3.63) is 23.0 Å². The van der Waals surface area contributed by atoms with Crippen molar-refractivity contribution >= 4 is 28.3 Å². The minimum Gasteiger partial charge on any atom is -0.365 e. The first-order valence-electron chi connectivity index (χ1n) is 9.42. The summed E-state index contributed by atoms with van der Waals surface area (Å²) in [7, 11) is 2.15. The number of aromatic nitrogens is 2. The number of hydrogen-bond acceptors (Lipinski definition) is 6. The molecule has 1 aliphatic carbocycles. The smallest absolute Gasteiger partial charge is 0.317 e. The van der Waals surface area contributed by atoms with Crippen LogP contribution in [-0.2, 0) is 19.4 Å². The van der Waals surface area contributed by atoms with Crippen LogP contribution < -0.4 is 16.8 Å². The summed E-state index contributed by atoms with van der Waals surface area (Å²) in [6.07, 6.45) is 3.46. The Labute approximate surface area is 167 Å². The number of amides is 3. The van der Waals surface area contributed by atoms with Crippen LogP contribution in [0, 0.1) is 0 Å².